The van der Waals surface area contributed by atoms with Gasteiger partial charge in [-0.1, -0.05) is 0 Å². The van der Waals surface area contributed by atoms with Gasteiger partial charge < -0.3 is 15.4 Å². The van der Waals surface area contributed by atoms with Crippen LogP contribution in [0.1, 0.15) is 31.2 Å². The summed E-state index contributed by atoms with van der Waals surface area (Å²) in [6.07, 6.45) is 2.56. The number of nitrogens with zero attached hydrogens (tertiary/aromatic N) is 2. The molecule has 2 rings (SSSR count). The van der Waals surface area contributed by atoms with Crippen LogP contribution < -0.4 is 10.6 Å². The SMILES string of the molecule is CNc1nc(C)nc(NC(C)C2CCCO2)c1C. The summed E-state index contributed by atoms with van der Waals surface area (Å²) in [6.45, 7) is 6.95. The first-order chi connectivity index (χ1) is 8.61. The number of hydrogen-bond donors (Lipinski definition) is 2. The molecule has 0 aliphatic carbocycles. The predicted octanol–water partition coefficient (Wildman–Crippen LogP) is 2.11. The minimum Gasteiger partial charge on any atom is -0.376 e. The van der Waals surface area contributed by atoms with E-state index in [0.717, 1.165) is 42.5 Å². The number of ether oxygens (including phenoxy) is 1. The number of hydrogen-bond acceptors (Lipinski definition) is 5. The molecule has 1 aliphatic rings. The van der Waals surface area contributed by atoms with Crippen LogP contribution in [-0.2, 0) is 4.74 Å². The van der Waals surface area contributed by atoms with Gasteiger partial charge in [0.15, 0.2) is 0 Å². The lowest BCUT2D eigenvalue weighted by Crippen LogP contribution is -2.31. The molecule has 5 nitrogen and oxygen atoms in total. The first-order valence-electron chi connectivity index (χ1n) is 6.53. The van der Waals surface area contributed by atoms with E-state index in [9.17, 15) is 0 Å². The highest BCUT2D eigenvalue weighted by Crippen LogP contribution is 2.23. The molecule has 18 heavy (non-hydrogen) atoms. The number of aromatic nitrogens is 2. The third-order valence-corrected chi connectivity index (χ3v) is 3.38. The lowest BCUT2D eigenvalue weighted by Gasteiger charge is -2.22. The Balaban J connectivity index is 2.14. The zero-order chi connectivity index (χ0) is 13.1. The van der Waals surface area contributed by atoms with Crippen molar-refractivity contribution in [1.82, 2.24) is 9.97 Å². The highest BCUT2D eigenvalue weighted by molar-refractivity contribution is 5.57. The quantitative estimate of drug-likeness (QED) is 0.857. The Hall–Kier alpha value is -1.36. The Morgan fingerprint density at radius 3 is 2.61 bits per heavy atom. The van der Waals surface area contributed by atoms with Gasteiger partial charge in [0.2, 0.25) is 0 Å². The summed E-state index contributed by atoms with van der Waals surface area (Å²) in [4.78, 5) is 8.84. The fraction of sp³-hybridized carbons (Fsp3) is 0.692. The summed E-state index contributed by atoms with van der Waals surface area (Å²) >= 11 is 0. The molecule has 0 saturated carbocycles. The van der Waals surface area contributed by atoms with E-state index in [-0.39, 0.29) is 12.1 Å². The van der Waals surface area contributed by atoms with Crippen LogP contribution in [0, 0.1) is 13.8 Å². The van der Waals surface area contributed by atoms with Gasteiger partial charge in [-0.05, 0) is 33.6 Å². The van der Waals surface area contributed by atoms with E-state index in [2.05, 4.69) is 27.5 Å². The van der Waals surface area contributed by atoms with Crippen LogP contribution in [0.15, 0.2) is 0 Å². The summed E-state index contributed by atoms with van der Waals surface area (Å²) in [5.74, 6) is 2.55. The van der Waals surface area contributed by atoms with Gasteiger partial charge >= 0.3 is 0 Å². The van der Waals surface area contributed by atoms with Crippen LogP contribution in [0.4, 0.5) is 11.6 Å². The van der Waals surface area contributed by atoms with Crippen LogP contribution in [0.25, 0.3) is 0 Å². The van der Waals surface area contributed by atoms with Crippen LogP contribution in [-0.4, -0.2) is 35.8 Å². The maximum absolute atomic E-state index is 5.69. The smallest absolute Gasteiger partial charge is 0.135 e. The fourth-order valence-electron chi connectivity index (χ4n) is 2.32. The van der Waals surface area contributed by atoms with Crippen molar-refractivity contribution < 1.29 is 4.74 Å². The van der Waals surface area contributed by atoms with Crippen LogP contribution in [0.3, 0.4) is 0 Å². The Kier molecular flexibility index (Phi) is 4.01. The molecule has 1 fully saturated rings. The van der Waals surface area contributed by atoms with Gasteiger partial charge in [0, 0.05) is 19.2 Å². The van der Waals surface area contributed by atoms with E-state index in [0.29, 0.717) is 0 Å². The normalized spacial score (nSPS) is 20.8. The van der Waals surface area contributed by atoms with E-state index in [4.69, 9.17) is 4.74 Å². The molecule has 1 saturated heterocycles. The first kappa shape index (κ1) is 13.1. The van der Waals surface area contributed by atoms with Crippen LogP contribution in [0.5, 0.6) is 0 Å². The summed E-state index contributed by atoms with van der Waals surface area (Å²) in [6, 6.07) is 0.269. The highest BCUT2D eigenvalue weighted by Gasteiger charge is 2.23. The molecule has 1 aliphatic heterocycles. The van der Waals surface area contributed by atoms with Crippen LogP contribution >= 0.6 is 0 Å². The van der Waals surface area contributed by atoms with Gasteiger partial charge in [-0.2, -0.15) is 0 Å². The molecule has 1 aromatic heterocycles. The second-order valence-electron chi connectivity index (χ2n) is 4.83. The average molecular weight is 250 g/mol. The Morgan fingerprint density at radius 2 is 2.00 bits per heavy atom. The number of aryl methyl sites for hydroxylation is 1. The number of nitrogens with one attached hydrogen (secondary N) is 2. The fourth-order valence-corrected chi connectivity index (χ4v) is 2.32. The molecule has 0 spiro atoms. The molecule has 2 unspecified atom stereocenters. The average Bonchev–Trinajstić information content (AvgIpc) is 2.87. The van der Waals surface area contributed by atoms with Crippen molar-refractivity contribution in [3.8, 4) is 0 Å². The van der Waals surface area contributed by atoms with Crippen molar-refractivity contribution in [3.05, 3.63) is 11.4 Å². The highest BCUT2D eigenvalue weighted by atomic mass is 16.5. The van der Waals surface area contributed by atoms with Gasteiger partial charge in [-0.15, -0.1) is 0 Å². The van der Waals surface area contributed by atoms with Crippen LogP contribution in [0.2, 0.25) is 0 Å². The predicted molar refractivity (Wildman–Crippen MR) is 73.1 cm³/mol. The van der Waals surface area contributed by atoms with Crippen molar-refractivity contribution in [3.63, 3.8) is 0 Å². The lowest BCUT2D eigenvalue weighted by molar-refractivity contribution is 0.0995. The minimum absolute atomic E-state index is 0.269. The molecule has 2 heterocycles. The molecule has 0 bridgehead atoms. The van der Waals surface area contributed by atoms with Gasteiger partial charge in [-0.25, -0.2) is 9.97 Å². The van der Waals surface area contributed by atoms with Gasteiger partial charge in [0.25, 0.3) is 0 Å². The van der Waals surface area contributed by atoms with E-state index < -0.39 is 0 Å². The second kappa shape index (κ2) is 5.52. The third-order valence-electron chi connectivity index (χ3n) is 3.38. The molecular formula is C13H22N4O. The number of rotatable bonds is 4. The maximum Gasteiger partial charge on any atom is 0.135 e. The zero-order valence-corrected chi connectivity index (χ0v) is 11.6. The molecule has 0 amide bonds. The number of anilines is 2. The van der Waals surface area contributed by atoms with Crippen molar-refractivity contribution in [1.29, 1.82) is 0 Å². The van der Waals surface area contributed by atoms with E-state index >= 15 is 0 Å². The molecule has 100 valence electrons. The monoisotopic (exact) mass is 250 g/mol. The van der Waals surface area contributed by atoms with Crippen molar-refractivity contribution in [2.75, 3.05) is 24.3 Å². The standard InChI is InChI=1S/C13H22N4O/c1-8-12(14-4)16-10(3)17-13(8)15-9(2)11-6-5-7-18-11/h9,11H,5-7H2,1-4H3,(H2,14,15,16,17). The molecule has 2 N–H and O–H groups in total. The maximum atomic E-state index is 5.69. The lowest BCUT2D eigenvalue weighted by atomic mass is 10.1. The van der Waals surface area contributed by atoms with Crippen molar-refractivity contribution in [2.24, 2.45) is 0 Å². The van der Waals surface area contributed by atoms with Gasteiger partial charge in [0.05, 0.1) is 12.1 Å². The van der Waals surface area contributed by atoms with E-state index in [1.165, 1.54) is 0 Å². The third kappa shape index (κ3) is 2.72. The molecule has 0 radical (unpaired) electrons. The first-order valence-corrected chi connectivity index (χ1v) is 6.53. The Labute approximate surface area is 108 Å². The summed E-state index contributed by atoms with van der Waals surface area (Å²) in [5.41, 5.74) is 1.05. The Morgan fingerprint density at radius 1 is 1.28 bits per heavy atom. The largest absolute Gasteiger partial charge is 0.376 e. The molecule has 0 aromatic carbocycles. The van der Waals surface area contributed by atoms with Crippen molar-refractivity contribution in [2.45, 2.75) is 45.8 Å². The zero-order valence-electron chi connectivity index (χ0n) is 11.6. The summed E-state index contributed by atoms with van der Waals surface area (Å²) < 4.78 is 5.69. The molecule has 2 atom stereocenters. The van der Waals surface area contributed by atoms with Gasteiger partial charge in [-0.3, -0.25) is 0 Å². The molecule has 1 aromatic rings. The molecular weight excluding hydrogens is 228 g/mol. The topological polar surface area (TPSA) is 59.1 Å². The van der Waals surface area contributed by atoms with E-state index in [1.807, 2.05) is 20.9 Å². The minimum atomic E-state index is 0.269. The summed E-state index contributed by atoms with van der Waals surface area (Å²) in [7, 11) is 1.88. The van der Waals surface area contributed by atoms with Gasteiger partial charge in [0.1, 0.15) is 17.5 Å². The Bertz CT molecular complexity index is 416. The van der Waals surface area contributed by atoms with E-state index in [1.54, 1.807) is 0 Å². The summed E-state index contributed by atoms with van der Waals surface area (Å²) in [5, 5.41) is 6.55. The molecule has 5 heteroatoms. The van der Waals surface area contributed by atoms with Crippen molar-refractivity contribution >= 4 is 11.6 Å². The second-order valence-corrected chi connectivity index (χ2v) is 4.83.